The molecule has 0 heterocycles. The summed E-state index contributed by atoms with van der Waals surface area (Å²) in [6.07, 6.45) is 0.877. The molecule has 0 aliphatic carbocycles. The second kappa shape index (κ2) is 9.95. The lowest BCUT2D eigenvalue weighted by Crippen LogP contribution is -2.14. The lowest BCUT2D eigenvalue weighted by molar-refractivity contribution is 0.102. The Kier molecular flexibility index (Phi) is 7.09. The summed E-state index contributed by atoms with van der Waals surface area (Å²) in [4.78, 5) is 12.7. The Bertz CT molecular complexity index is 911. The van der Waals surface area contributed by atoms with Crippen molar-refractivity contribution < 1.29 is 14.3 Å². The van der Waals surface area contributed by atoms with Gasteiger partial charge in [0.2, 0.25) is 0 Å². The van der Waals surface area contributed by atoms with E-state index in [0.717, 1.165) is 22.2 Å². The number of anilines is 1. The van der Waals surface area contributed by atoms with E-state index in [1.165, 1.54) is 0 Å². The minimum Gasteiger partial charge on any atom is -0.493 e. The van der Waals surface area contributed by atoms with E-state index in [4.69, 9.17) is 9.47 Å². The molecule has 0 aromatic heterocycles. The van der Waals surface area contributed by atoms with Gasteiger partial charge < -0.3 is 14.8 Å². The lowest BCUT2D eigenvalue weighted by Gasteiger charge is -2.12. The largest absolute Gasteiger partial charge is 0.493 e. The van der Waals surface area contributed by atoms with Crippen LogP contribution in [0.15, 0.2) is 77.3 Å². The number of benzene rings is 3. The summed E-state index contributed by atoms with van der Waals surface area (Å²) in [6.45, 7) is 3.10. The van der Waals surface area contributed by atoms with Gasteiger partial charge in [0.15, 0.2) is 0 Å². The minimum atomic E-state index is -0.217. The summed E-state index contributed by atoms with van der Waals surface area (Å²) in [5, 5.41) is 2.91. The highest BCUT2D eigenvalue weighted by Gasteiger charge is 2.14. The molecule has 3 rings (SSSR count). The van der Waals surface area contributed by atoms with E-state index in [1.54, 1.807) is 12.1 Å². The molecule has 0 saturated heterocycles. The molecule has 3 aromatic carbocycles. The van der Waals surface area contributed by atoms with Crippen LogP contribution in [0.25, 0.3) is 0 Å². The number of hydrogen-bond acceptors (Lipinski definition) is 3. The molecule has 0 aliphatic rings. The van der Waals surface area contributed by atoms with Crippen molar-refractivity contribution in [1.82, 2.24) is 0 Å². The summed E-state index contributed by atoms with van der Waals surface area (Å²) in [7, 11) is 0. The maximum Gasteiger partial charge on any atom is 0.259 e. The molecule has 0 saturated carbocycles. The number of hydrogen-bond donors (Lipinski definition) is 1. The first kappa shape index (κ1) is 20.0. The van der Waals surface area contributed by atoms with Gasteiger partial charge in [0, 0.05) is 10.2 Å². The quantitative estimate of drug-likeness (QED) is 0.463. The maximum absolute atomic E-state index is 12.7. The highest BCUT2D eigenvalue weighted by molar-refractivity contribution is 9.10. The molecule has 0 unspecified atom stereocenters. The highest BCUT2D eigenvalue weighted by atomic mass is 79.9. The van der Waals surface area contributed by atoms with Crippen molar-refractivity contribution in [2.45, 2.75) is 20.0 Å². The van der Waals surface area contributed by atoms with Crippen LogP contribution in [0, 0.1) is 0 Å². The average Bonchev–Trinajstić information content (AvgIpc) is 2.73. The van der Waals surface area contributed by atoms with Crippen LogP contribution in [-0.4, -0.2) is 12.5 Å². The van der Waals surface area contributed by atoms with Gasteiger partial charge in [0.25, 0.3) is 5.91 Å². The Morgan fingerprint density at radius 2 is 1.71 bits per heavy atom. The molecule has 0 atom stereocenters. The van der Waals surface area contributed by atoms with E-state index in [2.05, 4.69) is 21.2 Å². The molecule has 1 N–H and O–H groups in total. The number of halogens is 1. The fourth-order valence-electron chi connectivity index (χ4n) is 2.59. The van der Waals surface area contributed by atoms with Crippen molar-refractivity contribution in [3.8, 4) is 11.5 Å². The normalized spacial score (nSPS) is 10.4. The Balaban J connectivity index is 1.64. The van der Waals surface area contributed by atoms with Gasteiger partial charge >= 0.3 is 0 Å². The molecule has 4 nitrogen and oxygen atoms in total. The predicted molar refractivity (Wildman–Crippen MR) is 115 cm³/mol. The molecule has 1 amide bonds. The van der Waals surface area contributed by atoms with Gasteiger partial charge in [-0.15, -0.1) is 0 Å². The van der Waals surface area contributed by atoms with Crippen LogP contribution < -0.4 is 14.8 Å². The number of amides is 1. The number of ether oxygens (including phenoxy) is 2. The Morgan fingerprint density at radius 3 is 2.43 bits per heavy atom. The lowest BCUT2D eigenvalue weighted by atomic mass is 10.2. The summed E-state index contributed by atoms with van der Waals surface area (Å²) in [5.41, 5.74) is 2.29. The van der Waals surface area contributed by atoms with Gasteiger partial charge in [-0.1, -0.05) is 53.2 Å². The monoisotopic (exact) mass is 439 g/mol. The third-order valence-corrected chi connectivity index (χ3v) is 4.50. The van der Waals surface area contributed by atoms with Gasteiger partial charge in [0.1, 0.15) is 18.1 Å². The molecule has 0 bridgehead atoms. The van der Waals surface area contributed by atoms with Crippen molar-refractivity contribution >= 4 is 27.5 Å². The zero-order chi connectivity index (χ0) is 19.8. The van der Waals surface area contributed by atoms with Gasteiger partial charge in [-0.3, -0.25) is 4.79 Å². The molecule has 5 heteroatoms. The first-order valence-electron chi connectivity index (χ1n) is 9.16. The van der Waals surface area contributed by atoms with Crippen molar-refractivity contribution in [2.24, 2.45) is 0 Å². The van der Waals surface area contributed by atoms with Crippen LogP contribution >= 0.6 is 15.9 Å². The van der Waals surface area contributed by atoms with Crippen molar-refractivity contribution in [3.05, 3.63) is 88.4 Å². The second-order valence-electron chi connectivity index (χ2n) is 6.24. The Hall–Kier alpha value is -2.79. The molecular formula is C23H22BrNO3. The third-order valence-electron chi connectivity index (χ3n) is 4.01. The van der Waals surface area contributed by atoms with Crippen LogP contribution in [-0.2, 0) is 6.61 Å². The molecule has 28 heavy (non-hydrogen) atoms. The van der Waals surface area contributed by atoms with Gasteiger partial charge in [0.05, 0.1) is 12.2 Å². The topological polar surface area (TPSA) is 47.6 Å². The van der Waals surface area contributed by atoms with Gasteiger partial charge in [-0.2, -0.15) is 0 Å². The second-order valence-corrected chi connectivity index (χ2v) is 7.16. The van der Waals surface area contributed by atoms with E-state index in [-0.39, 0.29) is 5.91 Å². The van der Waals surface area contributed by atoms with Crippen molar-refractivity contribution in [1.29, 1.82) is 0 Å². The maximum atomic E-state index is 12.7. The van der Waals surface area contributed by atoms with Crippen LogP contribution in [0.3, 0.4) is 0 Å². The zero-order valence-corrected chi connectivity index (χ0v) is 17.2. The van der Waals surface area contributed by atoms with Crippen molar-refractivity contribution in [3.63, 3.8) is 0 Å². The Labute approximate surface area is 173 Å². The van der Waals surface area contributed by atoms with E-state index in [9.17, 15) is 4.79 Å². The number of carbonyl (C=O) groups excluding carboxylic acids is 1. The Morgan fingerprint density at radius 1 is 0.964 bits per heavy atom. The van der Waals surface area contributed by atoms with Gasteiger partial charge in [-0.05, 0) is 54.4 Å². The molecule has 0 spiro atoms. The molecule has 0 fully saturated rings. The van der Waals surface area contributed by atoms with Crippen LogP contribution in [0.5, 0.6) is 11.5 Å². The summed E-state index contributed by atoms with van der Waals surface area (Å²) >= 11 is 3.41. The standard InChI is InChI=1S/C23H22BrNO3/c1-2-14-27-22-13-8-18(24)15-21(22)23(26)25-19-9-11-20(12-10-19)28-16-17-6-4-3-5-7-17/h3-13,15H,2,14,16H2,1H3,(H,25,26). The minimum absolute atomic E-state index is 0.217. The molecule has 144 valence electrons. The smallest absolute Gasteiger partial charge is 0.259 e. The first-order chi connectivity index (χ1) is 13.7. The summed E-state index contributed by atoms with van der Waals surface area (Å²) in [6, 6.07) is 22.7. The predicted octanol–water partition coefficient (Wildman–Crippen LogP) is 6.07. The fourth-order valence-corrected chi connectivity index (χ4v) is 2.95. The molecule has 3 aromatic rings. The highest BCUT2D eigenvalue weighted by Crippen LogP contribution is 2.25. The molecule has 0 aliphatic heterocycles. The SMILES string of the molecule is CCCOc1ccc(Br)cc1C(=O)Nc1ccc(OCc2ccccc2)cc1. The average molecular weight is 440 g/mol. The summed E-state index contributed by atoms with van der Waals surface area (Å²) < 4.78 is 12.3. The van der Waals surface area contributed by atoms with Crippen LogP contribution in [0.2, 0.25) is 0 Å². The fraction of sp³-hybridized carbons (Fsp3) is 0.174. The third kappa shape index (κ3) is 5.60. The first-order valence-corrected chi connectivity index (χ1v) is 9.95. The number of nitrogens with one attached hydrogen (secondary N) is 1. The van der Waals surface area contributed by atoms with Crippen LogP contribution in [0.1, 0.15) is 29.3 Å². The van der Waals surface area contributed by atoms with E-state index in [0.29, 0.717) is 30.2 Å². The molecular weight excluding hydrogens is 418 g/mol. The number of rotatable bonds is 8. The zero-order valence-electron chi connectivity index (χ0n) is 15.7. The van der Waals surface area contributed by atoms with Crippen LogP contribution in [0.4, 0.5) is 5.69 Å². The van der Waals surface area contributed by atoms with Crippen molar-refractivity contribution in [2.75, 3.05) is 11.9 Å². The van der Waals surface area contributed by atoms with Gasteiger partial charge in [-0.25, -0.2) is 0 Å². The van der Waals surface area contributed by atoms with E-state index < -0.39 is 0 Å². The van der Waals surface area contributed by atoms with E-state index >= 15 is 0 Å². The summed E-state index contributed by atoms with van der Waals surface area (Å²) in [5.74, 6) is 1.10. The molecule has 0 radical (unpaired) electrons. The van der Waals surface area contributed by atoms with E-state index in [1.807, 2.05) is 67.6 Å². The number of carbonyl (C=O) groups is 1.